The topological polar surface area (TPSA) is 12.9 Å². The van der Waals surface area contributed by atoms with E-state index in [0.29, 0.717) is 0 Å². The third-order valence-corrected chi connectivity index (χ3v) is 1.98. The lowest BCUT2D eigenvalue weighted by Crippen LogP contribution is -1.98. The highest BCUT2D eigenvalue weighted by Gasteiger charge is 2.19. The molecule has 0 fully saturated rings. The van der Waals surface area contributed by atoms with Crippen LogP contribution in [0.3, 0.4) is 0 Å². The molecule has 0 radical (unpaired) electrons. The van der Waals surface area contributed by atoms with Crippen LogP contribution in [0.15, 0.2) is 10.7 Å². The molecular weight excluding hydrogens is 235 g/mol. The summed E-state index contributed by atoms with van der Waals surface area (Å²) in [5, 5.41) is 0. The smallest absolute Gasteiger partial charge is 0.260 e. The highest BCUT2D eigenvalue weighted by molar-refractivity contribution is 9.10. The Hall–Kier alpha value is -0.580. The lowest BCUT2D eigenvalue weighted by atomic mass is 10.2. The van der Waals surface area contributed by atoms with Crippen LogP contribution in [0.5, 0.6) is 0 Å². The average molecular weight is 240 g/mol. The highest BCUT2D eigenvalue weighted by atomic mass is 79.9. The third-order valence-electron chi connectivity index (χ3n) is 1.43. The normalized spacial score (nSPS) is 10.8. The zero-order valence-corrected chi connectivity index (χ0v) is 7.70. The van der Waals surface area contributed by atoms with Crippen molar-refractivity contribution in [2.24, 2.45) is 0 Å². The first kappa shape index (κ1) is 9.51. The Morgan fingerprint density at radius 2 is 2.08 bits per heavy atom. The van der Waals surface area contributed by atoms with E-state index in [2.05, 4.69) is 20.9 Å². The minimum absolute atomic E-state index is 0.0192. The first-order valence-corrected chi connectivity index (χ1v) is 3.92. The Balaban J connectivity index is 3.33. The van der Waals surface area contributed by atoms with Crippen LogP contribution in [-0.2, 0) is 0 Å². The fourth-order valence-corrected chi connectivity index (χ4v) is 1.14. The second kappa shape index (κ2) is 3.43. The van der Waals surface area contributed by atoms with E-state index in [0.717, 1.165) is 6.20 Å². The molecule has 0 saturated heterocycles. The molecule has 1 heterocycles. The van der Waals surface area contributed by atoms with Crippen LogP contribution in [0.4, 0.5) is 13.2 Å². The molecule has 0 N–H and O–H groups in total. The van der Waals surface area contributed by atoms with Gasteiger partial charge in [-0.1, -0.05) is 0 Å². The molecule has 12 heavy (non-hydrogen) atoms. The van der Waals surface area contributed by atoms with Crippen LogP contribution >= 0.6 is 15.9 Å². The molecule has 5 heteroatoms. The van der Waals surface area contributed by atoms with E-state index < -0.39 is 17.8 Å². The summed E-state index contributed by atoms with van der Waals surface area (Å²) in [4.78, 5) is 3.59. The van der Waals surface area contributed by atoms with Gasteiger partial charge in [-0.15, -0.1) is 0 Å². The van der Waals surface area contributed by atoms with E-state index in [1.165, 1.54) is 6.92 Å². The van der Waals surface area contributed by atoms with Gasteiger partial charge in [-0.25, -0.2) is 13.2 Å². The number of alkyl halides is 2. The molecule has 0 aromatic carbocycles. The Morgan fingerprint density at radius 1 is 1.50 bits per heavy atom. The quantitative estimate of drug-likeness (QED) is 0.734. The summed E-state index contributed by atoms with van der Waals surface area (Å²) in [6.45, 7) is 1.34. The van der Waals surface area contributed by atoms with Crippen molar-refractivity contribution in [2.45, 2.75) is 13.3 Å². The van der Waals surface area contributed by atoms with E-state index in [4.69, 9.17) is 0 Å². The van der Waals surface area contributed by atoms with Gasteiger partial charge < -0.3 is 0 Å². The number of pyridine rings is 1. The van der Waals surface area contributed by atoms with Gasteiger partial charge in [-0.05, 0) is 22.9 Å². The first-order valence-electron chi connectivity index (χ1n) is 3.12. The third kappa shape index (κ3) is 1.60. The van der Waals surface area contributed by atoms with Crippen LogP contribution in [0.1, 0.15) is 17.7 Å². The Kier molecular flexibility index (Phi) is 2.72. The van der Waals surface area contributed by atoms with Gasteiger partial charge >= 0.3 is 0 Å². The number of hydrogen-bond acceptors (Lipinski definition) is 1. The van der Waals surface area contributed by atoms with Crippen LogP contribution in [0.25, 0.3) is 0 Å². The molecule has 0 unspecified atom stereocenters. The molecule has 66 valence electrons. The Morgan fingerprint density at radius 3 is 2.50 bits per heavy atom. The van der Waals surface area contributed by atoms with E-state index >= 15 is 0 Å². The average Bonchev–Trinajstić information content (AvgIpc) is 1.97. The molecule has 0 amide bonds. The first-order chi connectivity index (χ1) is 5.54. The van der Waals surface area contributed by atoms with Crippen molar-refractivity contribution >= 4 is 15.9 Å². The number of aryl methyl sites for hydroxylation is 1. The van der Waals surface area contributed by atoms with E-state index in [9.17, 15) is 13.2 Å². The van der Waals surface area contributed by atoms with Crippen molar-refractivity contribution in [3.8, 4) is 0 Å². The van der Waals surface area contributed by atoms with Crippen LogP contribution in [-0.4, -0.2) is 4.98 Å². The van der Waals surface area contributed by atoms with Gasteiger partial charge in [0.2, 0.25) is 0 Å². The van der Waals surface area contributed by atoms with Crippen molar-refractivity contribution in [1.29, 1.82) is 0 Å². The summed E-state index contributed by atoms with van der Waals surface area (Å²) in [5.74, 6) is -0.933. The fraction of sp³-hybridized carbons (Fsp3) is 0.286. The Bertz CT molecular complexity index is 301. The summed E-state index contributed by atoms with van der Waals surface area (Å²) < 4.78 is 37.2. The standard InChI is InChI=1S/C7H5BrF3N/c1-3-5(7(10)11)6(9)4(8)2-12-3/h2,7H,1H3. The maximum Gasteiger partial charge on any atom is 0.268 e. The summed E-state index contributed by atoms with van der Waals surface area (Å²) in [7, 11) is 0. The molecule has 1 nitrogen and oxygen atoms in total. The van der Waals surface area contributed by atoms with E-state index in [1.54, 1.807) is 0 Å². The molecule has 0 saturated carbocycles. The van der Waals surface area contributed by atoms with Crippen LogP contribution in [0, 0.1) is 12.7 Å². The van der Waals surface area contributed by atoms with Gasteiger partial charge in [-0.2, -0.15) is 0 Å². The molecule has 1 aromatic rings. The molecule has 0 aliphatic carbocycles. The SMILES string of the molecule is Cc1ncc(Br)c(F)c1C(F)F. The minimum atomic E-state index is -2.82. The van der Waals surface area contributed by atoms with Crippen molar-refractivity contribution in [3.63, 3.8) is 0 Å². The van der Waals surface area contributed by atoms with Crippen molar-refractivity contribution < 1.29 is 13.2 Å². The minimum Gasteiger partial charge on any atom is -0.260 e. The maximum atomic E-state index is 12.9. The van der Waals surface area contributed by atoms with Crippen molar-refractivity contribution in [1.82, 2.24) is 4.98 Å². The van der Waals surface area contributed by atoms with E-state index in [1.807, 2.05) is 0 Å². The second-order valence-corrected chi connectivity index (χ2v) is 3.07. The summed E-state index contributed by atoms with van der Waals surface area (Å²) in [6, 6.07) is 0. The number of aromatic nitrogens is 1. The van der Waals surface area contributed by atoms with Gasteiger partial charge in [-0.3, -0.25) is 4.98 Å². The number of hydrogen-bond donors (Lipinski definition) is 0. The predicted molar refractivity (Wildman–Crippen MR) is 41.6 cm³/mol. The lowest BCUT2D eigenvalue weighted by Gasteiger charge is -2.05. The van der Waals surface area contributed by atoms with Crippen molar-refractivity contribution in [3.05, 3.63) is 27.7 Å². The van der Waals surface area contributed by atoms with Gasteiger partial charge in [0.15, 0.2) is 0 Å². The van der Waals surface area contributed by atoms with E-state index in [-0.39, 0.29) is 10.2 Å². The molecule has 0 spiro atoms. The molecular formula is C7H5BrF3N. The fourth-order valence-electron chi connectivity index (χ4n) is 0.821. The molecule has 0 aliphatic heterocycles. The lowest BCUT2D eigenvalue weighted by molar-refractivity contribution is 0.144. The largest absolute Gasteiger partial charge is 0.268 e. The highest BCUT2D eigenvalue weighted by Crippen LogP contribution is 2.28. The number of halogens is 4. The zero-order valence-electron chi connectivity index (χ0n) is 6.11. The Labute approximate surface area is 75.7 Å². The molecule has 0 atom stereocenters. The summed E-state index contributed by atoms with van der Waals surface area (Å²) in [5.41, 5.74) is -0.616. The van der Waals surface area contributed by atoms with Crippen LogP contribution < -0.4 is 0 Å². The van der Waals surface area contributed by atoms with Gasteiger partial charge in [0.25, 0.3) is 6.43 Å². The maximum absolute atomic E-state index is 12.9. The number of nitrogens with zero attached hydrogens (tertiary/aromatic N) is 1. The molecule has 1 rings (SSSR count). The monoisotopic (exact) mass is 239 g/mol. The predicted octanol–water partition coefficient (Wildman–Crippen LogP) is 3.23. The molecule has 1 aromatic heterocycles. The second-order valence-electron chi connectivity index (χ2n) is 2.22. The van der Waals surface area contributed by atoms with Crippen LogP contribution in [0.2, 0.25) is 0 Å². The summed E-state index contributed by atoms with van der Waals surface area (Å²) >= 11 is 2.78. The zero-order chi connectivity index (χ0) is 9.30. The van der Waals surface area contributed by atoms with Gasteiger partial charge in [0.05, 0.1) is 10.0 Å². The van der Waals surface area contributed by atoms with Gasteiger partial charge in [0, 0.05) is 11.9 Å². The molecule has 0 bridgehead atoms. The molecule has 0 aliphatic rings. The summed E-state index contributed by atoms with van der Waals surface area (Å²) in [6.07, 6.45) is -1.66. The van der Waals surface area contributed by atoms with Crippen molar-refractivity contribution in [2.75, 3.05) is 0 Å². The number of rotatable bonds is 1. The van der Waals surface area contributed by atoms with Gasteiger partial charge in [0.1, 0.15) is 5.82 Å².